The molecule has 0 aliphatic heterocycles. The lowest BCUT2D eigenvalue weighted by Crippen LogP contribution is -1.69. The summed E-state index contributed by atoms with van der Waals surface area (Å²) in [7, 11) is 0. The molecule has 0 spiro atoms. The van der Waals surface area contributed by atoms with Gasteiger partial charge in [-0.2, -0.15) is 0 Å². The van der Waals surface area contributed by atoms with E-state index in [1.807, 2.05) is 42.5 Å². The van der Waals surface area contributed by atoms with Crippen LogP contribution in [0.4, 0.5) is 0 Å². The fourth-order valence-corrected chi connectivity index (χ4v) is 1.61. The lowest BCUT2D eigenvalue weighted by molar-refractivity contribution is 1.61. The summed E-state index contributed by atoms with van der Waals surface area (Å²) in [5, 5.41) is 0. The van der Waals surface area contributed by atoms with Crippen LogP contribution in [-0.4, -0.2) is 0 Å². The zero-order chi connectivity index (χ0) is 11.2. The second kappa shape index (κ2) is 5.50. The van der Waals surface area contributed by atoms with Crippen LogP contribution in [0.25, 0.3) is 12.2 Å². The molecule has 0 aromatic heterocycles. The monoisotopic (exact) mass is 270 g/mol. The van der Waals surface area contributed by atoms with Crippen molar-refractivity contribution in [3.63, 3.8) is 0 Å². The Morgan fingerprint density at radius 3 is 1.94 bits per heavy atom. The summed E-state index contributed by atoms with van der Waals surface area (Å²) in [4.78, 5) is 0. The molecule has 0 saturated carbocycles. The van der Waals surface area contributed by atoms with Gasteiger partial charge in [0.05, 0.1) is 0 Å². The Bertz CT molecular complexity index is 503. The van der Waals surface area contributed by atoms with E-state index in [0.717, 1.165) is 15.6 Å². The van der Waals surface area contributed by atoms with Crippen molar-refractivity contribution >= 4 is 28.1 Å². The molecular formula is C15H11Br. The van der Waals surface area contributed by atoms with E-state index in [-0.39, 0.29) is 0 Å². The van der Waals surface area contributed by atoms with Crippen LogP contribution in [0.2, 0.25) is 0 Å². The molecule has 0 amide bonds. The van der Waals surface area contributed by atoms with Crippen molar-refractivity contribution in [2.75, 3.05) is 0 Å². The van der Waals surface area contributed by atoms with E-state index >= 15 is 0 Å². The van der Waals surface area contributed by atoms with Gasteiger partial charge in [0.25, 0.3) is 0 Å². The molecule has 0 nitrogen and oxygen atoms in total. The summed E-state index contributed by atoms with van der Waals surface area (Å²) in [6, 6.07) is 18.3. The van der Waals surface area contributed by atoms with Gasteiger partial charge in [-0.1, -0.05) is 58.4 Å². The van der Waals surface area contributed by atoms with Crippen LogP contribution in [0.3, 0.4) is 0 Å². The molecule has 0 heterocycles. The molecule has 0 atom stereocenters. The Balaban J connectivity index is 2.15. The minimum Gasteiger partial charge on any atom is -0.120 e. The molecule has 78 valence electrons. The zero-order valence-electron chi connectivity index (χ0n) is 8.73. The Labute approximate surface area is 104 Å². The van der Waals surface area contributed by atoms with E-state index in [4.69, 9.17) is 0 Å². The number of hydrogen-bond acceptors (Lipinski definition) is 0. The third-order valence-electron chi connectivity index (χ3n) is 2.17. The van der Waals surface area contributed by atoms with Crippen LogP contribution in [0.15, 0.2) is 64.8 Å². The molecule has 0 saturated heterocycles. The van der Waals surface area contributed by atoms with Crippen LogP contribution >= 0.6 is 15.9 Å². The molecule has 0 bridgehead atoms. The Kier molecular flexibility index (Phi) is 3.76. The second-order valence-electron chi connectivity index (χ2n) is 3.42. The van der Waals surface area contributed by atoms with E-state index in [0.29, 0.717) is 0 Å². The predicted octanol–water partition coefficient (Wildman–Crippen LogP) is 4.77. The molecule has 2 aromatic rings. The minimum atomic E-state index is 1.09. The van der Waals surface area contributed by atoms with E-state index in [1.54, 1.807) is 0 Å². The van der Waals surface area contributed by atoms with E-state index < -0.39 is 0 Å². The molecule has 0 fully saturated rings. The highest BCUT2D eigenvalue weighted by molar-refractivity contribution is 9.10. The van der Waals surface area contributed by atoms with Gasteiger partial charge in [-0.15, -0.1) is 5.73 Å². The third-order valence-corrected chi connectivity index (χ3v) is 2.70. The molecule has 2 aromatic carbocycles. The smallest absolute Gasteiger partial charge is 0.0175 e. The summed E-state index contributed by atoms with van der Waals surface area (Å²) in [5.41, 5.74) is 5.48. The van der Waals surface area contributed by atoms with Crippen molar-refractivity contribution in [2.45, 2.75) is 0 Å². The molecule has 0 aliphatic rings. The second-order valence-corrected chi connectivity index (χ2v) is 4.33. The first-order valence-electron chi connectivity index (χ1n) is 5.08. The van der Waals surface area contributed by atoms with Gasteiger partial charge in [-0.05, 0) is 35.4 Å². The van der Waals surface area contributed by atoms with Crippen molar-refractivity contribution in [2.24, 2.45) is 0 Å². The molecule has 0 radical (unpaired) electrons. The number of benzene rings is 2. The van der Waals surface area contributed by atoms with Crippen LogP contribution in [0, 0.1) is 0 Å². The predicted molar refractivity (Wildman–Crippen MR) is 73.0 cm³/mol. The average Bonchev–Trinajstić information content (AvgIpc) is 2.33. The highest BCUT2D eigenvalue weighted by Crippen LogP contribution is 2.11. The molecule has 0 unspecified atom stereocenters. The number of rotatable bonds is 2. The van der Waals surface area contributed by atoms with Crippen LogP contribution in [-0.2, 0) is 0 Å². The maximum atomic E-state index is 3.41. The quantitative estimate of drug-likeness (QED) is 0.690. The van der Waals surface area contributed by atoms with Crippen LogP contribution in [0.5, 0.6) is 0 Å². The molecule has 1 heteroatoms. The Hall–Kier alpha value is -1.56. The minimum absolute atomic E-state index is 1.09. The SMILES string of the molecule is Brc1ccc(C=C=Cc2ccccc2)cc1. The lowest BCUT2D eigenvalue weighted by atomic mass is 10.2. The molecule has 16 heavy (non-hydrogen) atoms. The lowest BCUT2D eigenvalue weighted by Gasteiger charge is -1.91. The fraction of sp³-hybridized carbons (Fsp3) is 0. The van der Waals surface area contributed by atoms with Gasteiger partial charge in [-0.3, -0.25) is 0 Å². The van der Waals surface area contributed by atoms with Crippen LogP contribution < -0.4 is 0 Å². The highest BCUT2D eigenvalue weighted by atomic mass is 79.9. The van der Waals surface area contributed by atoms with Gasteiger partial charge in [0.15, 0.2) is 0 Å². The van der Waals surface area contributed by atoms with Gasteiger partial charge >= 0.3 is 0 Å². The first-order valence-corrected chi connectivity index (χ1v) is 5.87. The van der Waals surface area contributed by atoms with Gasteiger partial charge in [0, 0.05) is 4.47 Å². The van der Waals surface area contributed by atoms with E-state index in [1.165, 1.54) is 0 Å². The average molecular weight is 271 g/mol. The van der Waals surface area contributed by atoms with Crippen molar-refractivity contribution in [3.05, 3.63) is 75.9 Å². The van der Waals surface area contributed by atoms with Crippen molar-refractivity contribution in [3.8, 4) is 0 Å². The molecule has 0 N–H and O–H groups in total. The highest BCUT2D eigenvalue weighted by Gasteiger charge is 1.86. The topological polar surface area (TPSA) is 0 Å². The van der Waals surface area contributed by atoms with Gasteiger partial charge < -0.3 is 0 Å². The zero-order valence-corrected chi connectivity index (χ0v) is 10.3. The van der Waals surface area contributed by atoms with Gasteiger partial charge in [0.2, 0.25) is 0 Å². The normalized spacial score (nSPS) is 9.31. The summed E-state index contributed by atoms with van der Waals surface area (Å²) in [6.07, 6.45) is 3.95. The Morgan fingerprint density at radius 1 is 0.750 bits per heavy atom. The summed E-state index contributed by atoms with van der Waals surface area (Å²) < 4.78 is 1.09. The molecule has 2 rings (SSSR count). The van der Waals surface area contributed by atoms with Crippen molar-refractivity contribution in [1.29, 1.82) is 0 Å². The maximum absolute atomic E-state index is 3.41. The standard InChI is InChI=1S/C15H11Br/c16-15-11-9-14(10-12-15)8-4-7-13-5-2-1-3-6-13/h1-3,5-12H. The first-order chi connectivity index (χ1) is 7.84. The summed E-state index contributed by atoms with van der Waals surface area (Å²) >= 11 is 3.41. The number of hydrogen-bond donors (Lipinski definition) is 0. The first kappa shape index (κ1) is 10.9. The number of halogens is 1. The fourth-order valence-electron chi connectivity index (χ4n) is 1.34. The third kappa shape index (κ3) is 3.23. The van der Waals surface area contributed by atoms with Gasteiger partial charge in [0.1, 0.15) is 0 Å². The summed E-state index contributed by atoms with van der Waals surface area (Å²) in [6.45, 7) is 0. The summed E-state index contributed by atoms with van der Waals surface area (Å²) in [5.74, 6) is 0. The molecular weight excluding hydrogens is 260 g/mol. The van der Waals surface area contributed by atoms with Crippen molar-refractivity contribution < 1.29 is 0 Å². The Morgan fingerprint density at radius 2 is 1.31 bits per heavy atom. The van der Waals surface area contributed by atoms with Crippen LogP contribution in [0.1, 0.15) is 11.1 Å². The van der Waals surface area contributed by atoms with E-state index in [9.17, 15) is 0 Å². The van der Waals surface area contributed by atoms with Crippen molar-refractivity contribution in [1.82, 2.24) is 0 Å². The van der Waals surface area contributed by atoms with E-state index in [2.05, 4.69) is 45.9 Å². The molecule has 0 aliphatic carbocycles. The van der Waals surface area contributed by atoms with Gasteiger partial charge in [-0.25, -0.2) is 0 Å². The maximum Gasteiger partial charge on any atom is 0.0175 e. The largest absolute Gasteiger partial charge is 0.120 e.